The molecule has 1 heterocycles. The zero-order valence-electron chi connectivity index (χ0n) is 16.6. The Balaban J connectivity index is 1.82. The minimum atomic E-state index is -4.42. The van der Waals surface area contributed by atoms with Crippen molar-refractivity contribution in [1.29, 1.82) is 0 Å². The Morgan fingerprint density at radius 2 is 1.77 bits per heavy atom. The first-order valence-electron chi connectivity index (χ1n) is 8.96. The Hall–Kier alpha value is -3.27. The molecule has 0 aliphatic heterocycles. The van der Waals surface area contributed by atoms with Crippen molar-refractivity contribution in [3.05, 3.63) is 71.9 Å². The van der Waals surface area contributed by atoms with Gasteiger partial charge in [-0.2, -0.15) is 13.2 Å². The first kappa shape index (κ1) is 22.4. The summed E-state index contributed by atoms with van der Waals surface area (Å²) in [6, 6.07) is 13.3. The Bertz CT molecular complexity index is 1180. The molecule has 0 atom stereocenters. The van der Waals surface area contributed by atoms with Crippen LogP contribution in [0, 0.1) is 0 Å². The first-order chi connectivity index (χ1) is 14.5. The third-order valence-electron chi connectivity index (χ3n) is 4.17. The van der Waals surface area contributed by atoms with Crippen LogP contribution < -0.4 is 14.2 Å². The van der Waals surface area contributed by atoms with Crippen LogP contribution in [-0.4, -0.2) is 26.8 Å². The number of aromatic nitrogens is 1. The highest BCUT2D eigenvalue weighted by Gasteiger charge is 2.30. The van der Waals surface area contributed by atoms with Gasteiger partial charge >= 0.3 is 6.18 Å². The topological polar surface area (TPSA) is 77.5 Å². The van der Waals surface area contributed by atoms with Crippen LogP contribution in [0.3, 0.4) is 0 Å². The second-order valence-electron chi connectivity index (χ2n) is 6.67. The van der Waals surface area contributed by atoms with Gasteiger partial charge in [0.25, 0.3) is 0 Å². The molecule has 2 aromatic carbocycles. The number of anilines is 1. The fraction of sp³-hybridized carbons (Fsp3) is 0.190. The molecule has 164 valence electrons. The van der Waals surface area contributed by atoms with Crippen LogP contribution in [0.25, 0.3) is 11.1 Å². The molecular formula is C21H19F3N2O4S. The van der Waals surface area contributed by atoms with Crippen molar-refractivity contribution in [1.82, 2.24) is 4.98 Å². The molecule has 10 heteroatoms. The SMILES string of the molecule is COc1ncc(-c2cccc(OCc3cccc(C(F)(F)F)c3)c2)cc1NS(C)(=O)=O. The van der Waals surface area contributed by atoms with E-state index in [4.69, 9.17) is 9.47 Å². The van der Waals surface area contributed by atoms with Crippen molar-refractivity contribution in [3.63, 3.8) is 0 Å². The van der Waals surface area contributed by atoms with Crippen molar-refractivity contribution in [2.24, 2.45) is 0 Å². The minimum Gasteiger partial charge on any atom is -0.489 e. The summed E-state index contributed by atoms with van der Waals surface area (Å²) in [6.07, 6.45) is -1.89. The molecule has 1 aromatic heterocycles. The predicted molar refractivity (Wildman–Crippen MR) is 110 cm³/mol. The van der Waals surface area contributed by atoms with Crippen molar-refractivity contribution in [3.8, 4) is 22.8 Å². The fourth-order valence-electron chi connectivity index (χ4n) is 2.82. The van der Waals surface area contributed by atoms with Crippen LogP contribution >= 0.6 is 0 Å². The number of hydrogen-bond acceptors (Lipinski definition) is 5. The Morgan fingerprint density at radius 1 is 1.03 bits per heavy atom. The van der Waals surface area contributed by atoms with Gasteiger partial charge in [-0.1, -0.05) is 24.3 Å². The zero-order valence-corrected chi connectivity index (χ0v) is 17.4. The number of halogens is 3. The molecule has 0 saturated heterocycles. The Labute approximate surface area is 177 Å². The van der Waals surface area contributed by atoms with Gasteiger partial charge in [0.05, 0.1) is 18.9 Å². The lowest BCUT2D eigenvalue weighted by molar-refractivity contribution is -0.137. The van der Waals surface area contributed by atoms with E-state index >= 15 is 0 Å². The van der Waals surface area contributed by atoms with Gasteiger partial charge in [0.2, 0.25) is 15.9 Å². The summed E-state index contributed by atoms with van der Waals surface area (Å²) >= 11 is 0. The highest BCUT2D eigenvalue weighted by Crippen LogP contribution is 2.32. The van der Waals surface area contributed by atoms with E-state index in [9.17, 15) is 21.6 Å². The van der Waals surface area contributed by atoms with Gasteiger partial charge in [0, 0.05) is 11.8 Å². The van der Waals surface area contributed by atoms with Gasteiger partial charge < -0.3 is 9.47 Å². The molecule has 0 unspecified atom stereocenters. The summed E-state index contributed by atoms with van der Waals surface area (Å²) in [5.74, 6) is 0.550. The summed E-state index contributed by atoms with van der Waals surface area (Å²) in [5.41, 5.74) is 1.09. The molecule has 0 aliphatic carbocycles. The van der Waals surface area contributed by atoms with Crippen LogP contribution in [0.1, 0.15) is 11.1 Å². The number of pyridine rings is 1. The fourth-order valence-corrected chi connectivity index (χ4v) is 3.36. The van der Waals surface area contributed by atoms with E-state index in [0.29, 0.717) is 22.4 Å². The highest BCUT2D eigenvalue weighted by molar-refractivity contribution is 7.92. The van der Waals surface area contributed by atoms with Gasteiger partial charge in [-0.15, -0.1) is 0 Å². The number of alkyl halides is 3. The first-order valence-corrected chi connectivity index (χ1v) is 10.9. The molecule has 0 spiro atoms. The van der Waals surface area contributed by atoms with Crippen LogP contribution in [0.5, 0.6) is 11.6 Å². The van der Waals surface area contributed by atoms with Gasteiger partial charge in [0.15, 0.2) is 0 Å². The van der Waals surface area contributed by atoms with E-state index in [1.165, 1.54) is 19.4 Å². The molecule has 0 bridgehead atoms. The lowest BCUT2D eigenvalue weighted by Gasteiger charge is -2.12. The second kappa shape index (κ2) is 8.84. The zero-order chi connectivity index (χ0) is 22.6. The van der Waals surface area contributed by atoms with E-state index in [1.54, 1.807) is 36.4 Å². The number of methoxy groups -OCH3 is 1. The van der Waals surface area contributed by atoms with Gasteiger partial charge in [0.1, 0.15) is 18.0 Å². The highest BCUT2D eigenvalue weighted by atomic mass is 32.2. The number of ether oxygens (including phenoxy) is 2. The lowest BCUT2D eigenvalue weighted by Crippen LogP contribution is -2.11. The lowest BCUT2D eigenvalue weighted by atomic mass is 10.1. The quantitative estimate of drug-likeness (QED) is 0.561. The smallest absolute Gasteiger partial charge is 0.416 e. The maximum absolute atomic E-state index is 12.9. The average Bonchev–Trinajstić information content (AvgIpc) is 2.71. The van der Waals surface area contributed by atoms with E-state index in [-0.39, 0.29) is 18.2 Å². The number of hydrogen-bond donors (Lipinski definition) is 1. The molecule has 1 N–H and O–H groups in total. The molecule has 0 saturated carbocycles. The van der Waals surface area contributed by atoms with E-state index in [0.717, 1.165) is 18.4 Å². The summed E-state index contributed by atoms with van der Waals surface area (Å²) in [6.45, 7) is -0.0465. The van der Waals surface area contributed by atoms with Crippen molar-refractivity contribution >= 4 is 15.7 Å². The Kier molecular flexibility index (Phi) is 6.40. The van der Waals surface area contributed by atoms with Gasteiger partial charge in [-0.3, -0.25) is 4.72 Å². The predicted octanol–water partition coefficient (Wildman–Crippen LogP) is 4.73. The maximum atomic E-state index is 12.9. The van der Waals surface area contributed by atoms with Crippen LogP contribution in [0.4, 0.5) is 18.9 Å². The molecule has 0 radical (unpaired) electrons. The maximum Gasteiger partial charge on any atom is 0.416 e. The third-order valence-corrected chi connectivity index (χ3v) is 4.76. The molecule has 6 nitrogen and oxygen atoms in total. The number of rotatable bonds is 7. The van der Waals surface area contributed by atoms with Crippen LogP contribution in [0.15, 0.2) is 60.8 Å². The van der Waals surface area contributed by atoms with Crippen molar-refractivity contribution < 1.29 is 31.1 Å². The van der Waals surface area contributed by atoms with Crippen molar-refractivity contribution in [2.75, 3.05) is 18.1 Å². The summed E-state index contributed by atoms with van der Waals surface area (Å²) < 4.78 is 74.9. The van der Waals surface area contributed by atoms with E-state index in [1.807, 2.05) is 0 Å². The number of benzene rings is 2. The Morgan fingerprint density at radius 3 is 2.45 bits per heavy atom. The van der Waals surface area contributed by atoms with Gasteiger partial charge in [-0.25, -0.2) is 13.4 Å². The minimum absolute atomic E-state index is 0.0465. The normalized spacial score (nSPS) is 11.8. The third kappa shape index (κ3) is 6.11. The van der Waals surface area contributed by atoms with Crippen molar-refractivity contribution in [2.45, 2.75) is 12.8 Å². The molecule has 0 aliphatic rings. The van der Waals surface area contributed by atoms with Gasteiger partial charge in [-0.05, 0) is 41.5 Å². The summed E-state index contributed by atoms with van der Waals surface area (Å²) in [7, 11) is -2.17. The molecule has 3 rings (SSSR count). The number of nitrogens with one attached hydrogen (secondary N) is 1. The molecule has 0 fully saturated rings. The standard InChI is InChI=1S/C21H19F3N2O4S/c1-29-20-19(26-31(2,27)28)11-16(12-25-20)15-6-4-8-18(10-15)30-13-14-5-3-7-17(9-14)21(22,23)24/h3-12,26H,13H2,1-2H3. The van der Waals surface area contributed by atoms with Crippen LogP contribution in [-0.2, 0) is 22.8 Å². The second-order valence-corrected chi connectivity index (χ2v) is 8.42. The summed E-state index contributed by atoms with van der Waals surface area (Å²) in [4.78, 5) is 4.12. The number of sulfonamides is 1. The van der Waals surface area contributed by atoms with Crippen LogP contribution in [0.2, 0.25) is 0 Å². The average molecular weight is 452 g/mol. The molecule has 0 amide bonds. The van der Waals surface area contributed by atoms with E-state index < -0.39 is 21.8 Å². The van der Waals surface area contributed by atoms with E-state index in [2.05, 4.69) is 9.71 Å². The monoisotopic (exact) mass is 452 g/mol. The molecular weight excluding hydrogens is 433 g/mol. The molecule has 31 heavy (non-hydrogen) atoms. The largest absolute Gasteiger partial charge is 0.489 e. The summed E-state index contributed by atoms with van der Waals surface area (Å²) in [5, 5.41) is 0. The molecule has 3 aromatic rings. The number of nitrogens with zero attached hydrogens (tertiary/aromatic N) is 1.